The number of nitrogens with one attached hydrogen (secondary N) is 6. The number of nitrogens with zero attached hydrogens (tertiary/aromatic N) is 4. The smallest absolute Gasteiger partial charge is 0.210 e. The van der Waals surface area contributed by atoms with E-state index in [2.05, 4.69) is 42.8 Å². The third kappa shape index (κ3) is 6.94. The first-order valence-corrected chi connectivity index (χ1v) is 7.79. The molecule has 146 valence electrons. The van der Waals surface area contributed by atoms with E-state index in [-0.39, 0.29) is 27.3 Å². The van der Waals surface area contributed by atoms with Crippen molar-refractivity contribution in [2.45, 2.75) is 12.3 Å². The van der Waals surface area contributed by atoms with Gasteiger partial charge in [-0.15, -0.1) is 21.3 Å². The van der Waals surface area contributed by atoms with Crippen molar-refractivity contribution in [3.8, 4) is 0 Å². The van der Waals surface area contributed by atoms with Crippen molar-refractivity contribution < 1.29 is 0 Å². The van der Waals surface area contributed by atoms with Crippen LogP contribution in [0.25, 0.3) is 0 Å². The van der Waals surface area contributed by atoms with Crippen LogP contribution < -0.4 is 67.0 Å². The summed E-state index contributed by atoms with van der Waals surface area (Å²) >= 11 is 14.6. The zero-order chi connectivity index (χ0) is 19.9. The van der Waals surface area contributed by atoms with Gasteiger partial charge < -0.3 is 45.0 Å². The summed E-state index contributed by atoms with van der Waals surface area (Å²) in [5, 5.41) is 15.9. The van der Waals surface area contributed by atoms with Gasteiger partial charge in [-0.25, -0.2) is 0 Å². The number of hydrazine groups is 4. The molecule has 1 saturated heterocycles. The second kappa shape index (κ2) is 9.57. The van der Waals surface area contributed by atoms with Crippen molar-refractivity contribution in [1.82, 2.24) is 42.8 Å². The highest BCUT2D eigenvalue weighted by molar-refractivity contribution is 7.80. The lowest BCUT2D eigenvalue weighted by Gasteiger charge is -2.34. The lowest BCUT2D eigenvalue weighted by molar-refractivity contribution is 0.00796. The molecule has 0 aromatic rings. The van der Waals surface area contributed by atoms with Gasteiger partial charge in [0.05, 0.1) is 0 Å². The molecular formula is C7H20N16S3. The standard InChI is InChI=1S/C7H20N16S3/c8-3(9)18-22(20-16-5(12)24)1-2(15-7(26)14-1)23(19-4(10)11)21-17-6(13)25/h1-2,20-21H,(H4,8,9,18)(H4,10,11,19)(H3,12,16,24)(H3,13,17,25)(H2,14,15,26). The Balaban J connectivity index is 3.11. The summed E-state index contributed by atoms with van der Waals surface area (Å²) in [6.45, 7) is 0. The summed E-state index contributed by atoms with van der Waals surface area (Å²) in [6, 6.07) is 0. The Kier molecular flexibility index (Phi) is 7.79. The molecule has 16 nitrogen and oxygen atoms in total. The molecule has 0 aliphatic carbocycles. The normalized spacial score (nSPS) is 17.9. The van der Waals surface area contributed by atoms with Crippen molar-refractivity contribution in [2.75, 3.05) is 0 Å². The molecule has 0 amide bonds. The molecule has 0 aromatic carbocycles. The molecule has 1 rings (SSSR count). The fourth-order valence-corrected chi connectivity index (χ4v) is 1.98. The minimum atomic E-state index is -0.782. The van der Waals surface area contributed by atoms with Crippen LogP contribution in [0.1, 0.15) is 0 Å². The minimum Gasteiger partial charge on any atom is -0.375 e. The maximum Gasteiger partial charge on any atom is 0.210 e. The Labute approximate surface area is 163 Å². The second-order valence-electron chi connectivity index (χ2n) is 4.45. The van der Waals surface area contributed by atoms with Crippen molar-refractivity contribution in [1.29, 1.82) is 0 Å². The lowest BCUT2D eigenvalue weighted by Crippen LogP contribution is -2.65. The number of hydrazone groups is 2. The lowest BCUT2D eigenvalue weighted by atomic mass is 10.4. The highest BCUT2D eigenvalue weighted by Gasteiger charge is 2.39. The van der Waals surface area contributed by atoms with Crippen LogP contribution >= 0.6 is 36.7 Å². The monoisotopic (exact) mass is 424 g/mol. The van der Waals surface area contributed by atoms with Crippen LogP contribution in [-0.2, 0) is 0 Å². The summed E-state index contributed by atoms with van der Waals surface area (Å²) in [4.78, 5) is 0. The van der Waals surface area contributed by atoms with E-state index in [1.807, 2.05) is 0 Å². The van der Waals surface area contributed by atoms with E-state index >= 15 is 0 Å². The van der Waals surface area contributed by atoms with Gasteiger partial charge in [0, 0.05) is 0 Å². The zero-order valence-corrected chi connectivity index (χ0v) is 15.6. The molecule has 0 aromatic heterocycles. The maximum absolute atomic E-state index is 5.43. The summed E-state index contributed by atoms with van der Waals surface area (Å²) in [5.74, 6) is -0.550. The van der Waals surface area contributed by atoms with Gasteiger partial charge >= 0.3 is 0 Å². The van der Waals surface area contributed by atoms with E-state index in [0.29, 0.717) is 0 Å². The third-order valence-electron chi connectivity index (χ3n) is 2.42. The molecule has 0 bridgehead atoms. The van der Waals surface area contributed by atoms with E-state index in [1.165, 1.54) is 0 Å². The van der Waals surface area contributed by atoms with E-state index in [1.54, 1.807) is 0 Å². The summed E-state index contributed by atoms with van der Waals surface area (Å²) in [7, 11) is 0. The van der Waals surface area contributed by atoms with Crippen molar-refractivity contribution in [3.05, 3.63) is 0 Å². The Morgan fingerprint density at radius 2 is 1.15 bits per heavy atom. The quantitative estimate of drug-likeness (QED) is 0.0747. The molecule has 18 N–H and O–H groups in total. The van der Waals surface area contributed by atoms with Gasteiger partial charge in [-0.05, 0) is 36.7 Å². The largest absolute Gasteiger partial charge is 0.375 e. The van der Waals surface area contributed by atoms with Crippen molar-refractivity contribution >= 4 is 63.9 Å². The molecule has 1 aliphatic heterocycles. The maximum atomic E-state index is 5.43. The van der Waals surface area contributed by atoms with Crippen LogP contribution in [0.2, 0.25) is 0 Å². The van der Waals surface area contributed by atoms with Crippen LogP contribution in [0, 0.1) is 0 Å². The number of hydrogen-bond donors (Lipinski definition) is 12. The van der Waals surface area contributed by atoms with Crippen LogP contribution in [-0.4, -0.2) is 49.8 Å². The van der Waals surface area contributed by atoms with E-state index in [0.717, 1.165) is 10.2 Å². The number of rotatable bonds is 8. The van der Waals surface area contributed by atoms with Gasteiger partial charge in [0.15, 0.2) is 27.7 Å². The van der Waals surface area contributed by atoms with Crippen LogP contribution in [0.4, 0.5) is 0 Å². The van der Waals surface area contributed by atoms with E-state index in [9.17, 15) is 0 Å². The van der Waals surface area contributed by atoms with Crippen LogP contribution in [0.5, 0.6) is 0 Å². The van der Waals surface area contributed by atoms with E-state index < -0.39 is 12.3 Å². The Morgan fingerprint density at radius 3 is 1.42 bits per heavy atom. The molecule has 1 fully saturated rings. The third-order valence-corrected chi connectivity index (χ3v) is 2.86. The first-order chi connectivity index (χ1) is 12.1. The molecule has 19 heteroatoms. The topological polar surface area (TPSA) is 260 Å². The van der Waals surface area contributed by atoms with Gasteiger partial charge in [0.25, 0.3) is 0 Å². The SMILES string of the molecule is NC(=S)NNN(N=C(N)N)C1NC(=S)NC1N(N=C(N)N)NNC(N)=S. The Hall–Kier alpha value is -2.87. The Morgan fingerprint density at radius 1 is 0.808 bits per heavy atom. The van der Waals surface area contributed by atoms with Gasteiger partial charge in [-0.1, -0.05) is 0 Å². The molecule has 2 atom stereocenters. The van der Waals surface area contributed by atoms with Crippen LogP contribution in [0.15, 0.2) is 10.2 Å². The summed E-state index contributed by atoms with van der Waals surface area (Å²) in [5.41, 5.74) is 42.6. The predicted octanol–water partition coefficient (Wildman–Crippen LogP) is -6.40. The highest BCUT2D eigenvalue weighted by Crippen LogP contribution is 2.10. The van der Waals surface area contributed by atoms with Crippen molar-refractivity contribution in [3.63, 3.8) is 0 Å². The van der Waals surface area contributed by atoms with Gasteiger partial charge in [0.2, 0.25) is 11.9 Å². The molecule has 1 aliphatic rings. The molecule has 2 unspecified atom stereocenters. The van der Waals surface area contributed by atoms with E-state index in [4.69, 9.17) is 71.1 Å². The number of nitrogens with two attached hydrogens (primary N) is 6. The number of thiocarbonyl (C=S) groups is 3. The first-order valence-electron chi connectivity index (χ1n) is 6.57. The zero-order valence-electron chi connectivity index (χ0n) is 13.1. The van der Waals surface area contributed by atoms with Gasteiger partial charge in [-0.2, -0.15) is 10.2 Å². The molecule has 26 heavy (non-hydrogen) atoms. The fourth-order valence-electron chi connectivity index (χ4n) is 1.64. The Bertz CT molecular complexity index is 545. The molecular weight excluding hydrogens is 404 g/mol. The molecule has 0 spiro atoms. The van der Waals surface area contributed by atoms with Gasteiger partial charge in [-0.3, -0.25) is 10.9 Å². The number of guanidine groups is 2. The average Bonchev–Trinajstić information content (AvgIpc) is 2.88. The van der Waals surface area contributed by atoms with Crippen molar-refractivity contribution in [2.24, 2.45) is 44.6 Å². The van der Waals surface area contributed by atoms with Gasteiger partial charge in [0.1, 0.15) is 0 Å². The molecule has 0 saturated carbocycles. The van der Waals surface area contributed by atoms with Crippen LogP contribution in [0.3, 0.4) is 0 Å². The predicted molar refractivity (Wildman–Crippen MR) is 108 cm³/mol. The minimum absolute atomic E-state index is 0.0692. The molecule has 1 heterocycles. The highest BCUT2D eigenvalue weighted by atomic mass is 32.1. The molecule has 0 radical (unpaired) electrons. The fraction of sp³-hybridized carbons (Fsp3) is 0.286. The number of hydrogen-bond acceptors (Lipinski definition) is 9. The summed E-state index contributed by atoms with van der Waals surface area (Å²) < 4.78 is 0. The summed E-state index contributed by atoms with van der Waals surface area (Å²) in [6.07, 6.45) is -1.56. The second-order valence-corrected chi connectivity index (χ2v) is 5.74. The average molecular weight is 425 g/mol. The first kappa shape index (κ1) is 21.2.